The summed E-state index contributed by atoms with van der Waals surface area (Å²) in [5.41, 5.74) is 0. The van der Waals surface area contributed by atoms with Crippen molar-refractivity contribution < 1.29 is 14.6 Å². The summed E-state index contributed by atoms with van der Waals surface area (Å²) in [6.45, 7) is 5.35. The number of rotatable bonds is 8. The maximum atomic E-state index is 10.7. The normalized spacial score (nSPS) is 12.8. The molecule has 0 amide bonds. The molecule has 0 radical (unpaired) electrons. The molecule has 3 heteroatoms. The number of carboxylic acids is 1. The number of aliphatic carboxylic acids is 1. The summed E-state index contributed by atoms with van der Waals surface area (Å²) in [6.07, 6.45) is 3.31. The van der Waals surface area contributed by atoms with Gasteiger partial charge in [0.1, 0.15) is 0 Å². The molecule has 0 spiro atoms. The second-order valence-corrected chi connectivity index (χ2v) is 3.22. The van der Waals surface area contributed by atoms with E-state index in [4.69, 9.17) is 9.84 Å². The summed E-state index contributed by atoms with van der Waals surface area (Å²) < 4.78 is 5.25. The van der Waals surface area contributed by atoms with Crippen LogP contribution < -0.4 is 0 Å². The van der Waals surface area contributed by atoms with Gasteiger partial charge < -0.3 is 9.84 Å². The van der Waals surface area contributed by atoms with Crippen LogP contribution in [0, 0.1) is 5.92 Å². The van der Waals surface area contributed by atoms with Crippen LogP contribution in [0.1, 0.15) is 39.5 Å². The fraction of sp³-hybridized carbons (Fsp3) is 0.900. The molecule has 0 aliphatic heterocycles. The molecule has 0 aromatic rings. The van der Waals surface area contributed by atoms with Crippen LogP contribution in [0.15, 0.2) is 0 Å². The summed E-state index contributed by atoms with van der Waals surface area (Å²) in [5.74, 6) is -0.913. The summed E-state index contributed by atoms with van der Waals surface area (Å²) >= 11 is 0. The standard InChI is InChI=1S/C10H20O3/c1-3-5-9(10(11)12)6-8-13-7-4-2/h9H,3-8H2,1-2H3,(H,11,12). The molecule has 0 bridgehead atoms. The first-order valence-corrected chi connectivity index (χ1v) is 5.02. The predicted octanol–water partition coefficient (Wildman–Crippen LogP) is 2.30. The first-order valence-electron chi connectivity index (χ1n) is 5.02. The zero-order valence-corrected chi connectivity index (χ0v) is 8.58. The maximum absolute atomic E-state index is 10.7. The van der Waals surface area contributed by atoms with Crippen molar-refractivity contribution in [3.63, 3.8) is 0 Å². The molecule has 78 valence electrons. The van der Waals surface area contributed by atoms with E-state index in [1.165, 1.54) is 0 Å². The number of hydrogen-bond acceptors (Lipinski definition) is 2. The van der Waals surface area contributed by atoms with Crippen LogP contribution in [0.3, 0.4) is 0 Å². The molecule has 0 rings (SSSR count). The highest BCUT2D eigenvalue weighted by Gasteiger charge is 2.15. The summed E-state index contributed by atoms with van der Waals surface area (Å²) in [6, 6.07) is 0. The Morgan fingerprint density at radius 2 is 1.92 bits per heavy atom. The van der Waals surface area contributed by atoms with Gasteiger partial charge in [0.2, 0.25) is 0 Å². The van der Waals surface area contributed by atoms with Crippen LogP contribution in [0.2, 0.25) is 0 Å². The molecule has 3 nitrogen and oxygen atoms in total. The summed E-state index contributed by atoms with van der Waals surface area (Å²) in [4.78, 5) is 10.7. The SMILES string of the molecule is CCCOCCC(CCC)C(=O)O. The summed E-state index contributed by atoms with van der Waals surface area (Å²) in [7, 11) is 0. The first kappa shape index (κ1) is 12.4. The van der Waals surface area contributed by atoms with Crippen LogP contribution in [0.4, 0.5) is 0 Å². The lowest BCUT2D eigenvalue weighted by molar-refractivity contribution is -0.142. The largest absolute Gasteiger partial charge is 0.481 e. The van der Waals surface area contributed by atoms with E-state index in [0.29, 0.717) is 13.0 Å². The average Bonchev–Trinajstić information content (AvgIpc) is 2.10. The third-order valence-electron chi connectivity index (χ3n) is 1.95. The van der Waals surface area contributed by atoms with E-state index < -0.39 is 5.97 Å². The van der Waals surface area contributed by atoms with Gasteiger partial charge in [-0.15, -0.1) is 0 Å². The van der Waals surface area contributed by atoms with Gasteiger partial charge in [0.05, 0.1) is 5.92 Å². The highest BCUT2D eigenvalue weighted by molar-refractivity contribution is 5.69. The van der Waals surface area contributed by atoms with Crippen molar-refractivity contribution in [3.05, 3.63) is 0 Å². The van der Waals surface area contributed by atoms with Gasteiger partial charge in [-0.1, -0.05) is 20.3 Å². The quantitative estimate of drug-likeness (QED) is 0.594. The van der Waals surface area contributed by atoms with Crippen LogP contribution in [0.25, 0.3) is 0 Å². The van der Waals surface area contributed by atoms with Crippen molar-refractivity contribution >= 4 is 5.97 Å². The number of ether oxygens (including phenoxy) is 1. The molecule has 0 aromatic heterocycles. The van der Waals surface area contributed by atoms with E-state index in [1.807, 2.05) is 13.8 Å². The Bertz CT molecular complexity index is 134. The van der Waals surface area contributed by atoms with E-state index in [0.717, 1.165) is 25.9 Å². The van der Waals surface area contributed by atoms with Gasteiger partial charge in [-0.05, 0) is 19.3 Å². The van der Waals surface area contributed by atoms with Crippen LogP contribution in [-0.2, 0) is 9.53 Å². The Morgan fingerprint density at radius 3 is 2.38 bits per heavy atom. The van der Waals surface area contributed by atoms with E-state index >= 15 is 0 Å². The van der Waals surface area contributed by atoms with Crippen molar-refractivity contribution in [1.82, 2.24) is 0 Å². The van der Waals surface area contributed by atoms with E-state index in [-0.39, 0.29) is 5.92 Å². The monoisotopic (exact) mass is 188 g/mol. The van der Waals surface area contributed by atoms with E-state index in [9.17, 15) is 4.79 Å². The highest BCUT2D eigenvalue weighted by Crippen LogP contribution is 2.11. The van der Waals surface area contributed by atoms with Crippen LogP contribution in [-0.4, -0.2) is 24.3 Å². The third-order valence-corrected chi connectivity index (χ3v) is 1.95. The molecule has 1 atom stereocenters. The molecule has 0 fully saturated rings. The molecule has 1 unspecified atom stereocenters. The van der Waals surface area contributed by atoms with Gasteiger partial charge in [-0.25, -0.2) is 0 Å². The smallest absolute Gasteiger partial charge is 0.306 e. The molecule has 0 heterocycles. The third kappa shape index (κ3) is 6.58. The Morgan fingerprint density at radius 1 is 1.23 bits per heavy atom. The van der Waals surface area contributed by atoms with Crippen molar-refractivity contribution in [2.75, 3.05) is 13.2 Å². The van der Waals surface area contributed by atoms with Gasteiger partial charge in [0.25, 0.3) is 0 Å². The Hall–Kier alpha value is -0.570. The van der Waals surface area contributed by atoms with Gasteiger partial charge in [0.15, 0.2) is 0 Å². The lowest BCUT2D eigenvalue weighted by atomic mass is 10.0. The zero-order valence-electron chi connectivity index (χ0n) is 8.58. The summed E-state index contributed by atoms with van der Waals surface area (Å²) in [5, 5.41) is 8.81. The van der Waals surface area contributed by atoms with Crippen molar-refractivity contribution in [2.24, 2.45) is 5.92 Å². The van der Waals surface area contributed by atoms with Crippen molar-refractivity contribution in [1.29, 1.82) is 0 Å². The second-order valence-electron chi connectivity index (χ2n) is 3.22. The molecule has 0 aliphatic carbocycles. The molecule has 0 saturated carbocycles. The molecule has 13 heavy (non-hydrogen) atoms. The highest BCUT2D eigenvalue weighted by atomic mass is 16.5. The van der Waals surface area contributed by atoms with Gasteiger partial charge >= 0.3 is 5.97 Å². The lowest BCUT2D eigenvalue weighted by Gasteiger charge is -2.10. The fourth-order valence-electron chi connectivity index (χ4n) is 1.21. The van der Waals surface area contributed by atoms with Crippen molar-refractivity contribution in [2.45, 2.75) is 39.5 Å². The van der Waals surface area contributed by atoms with Crippen molar-refractivity contribution in [3.8, 4) is 0 Å². The van der Waals surface area contributed by atoms with Crippen LogP contribution >= 0.6 is 0 Å². The molecular weight excluding hydrogens is 168 g/mol. The molecular formula is C10H20O3. The Labute approximate surface area is 80.1 Å². The number of carbonyl (C=O) groups is 1. The first-order chi connectivity index (χ1) is 6.22. The van der Waals surface area contributed by atoms with Gasteiger partial charge in [-0.3, -0.25) is 4.79 Å². The minimum Gasteiger partial charge on any atom is -0.481 e. The molecule has 0 saturated heterocycles. The maximum Gasteiger partial charge on any atom is 0.306 e. The molecule has 0 aromatic carbocycles. The van der Waals surface area contributed by atoms with Crippen LogP contribution in [0.5, 0.6) is 0 Å². The lowest BCUT2D eigenvalue weighted by Crippen LogP contribution is -2.15. The average molecular weight is 188 g/mol. The van der Waals surface area contributed by atoms with Gasteiger partial charge in [0, 0.05) is 13.2 Å². The number of carboxylic acid groups (broad SMARTS) is 1. The van der Waals surface area contributed by atoms with E-state index in [1.54, 1.807) is 0 Å². The second kappa shape index (κ2) is 8.05. The topological polar surface area (TPSA) is 46.5 Å². The predicted molar refractivity (Wildman–Crippen MR) is 51.8 cm³/mol. The minimum absolute atomic E-state index is 0.221. The van der Waals surface area contributed by atoms with Gasteiger partial charge in [-0.2, -0.15) is 0 Å². The Kier molecular flexibility index (Phi) is 7.69. The molecule has 1 N–H and O–H groups in total. The molecule has 0 aliphatic rings. The Balaban J connectivity index is 3.51. The number of hydrogen-bond donors (Lipinski definition) is 1. The fourth-order valence-corrected chi connectivity index (χ4v) is 1.21. The zero-order chi connectivity index (χ0) is 10.1. The minimum atomic E-state index is -0.693. The van der Waals surface area contributed by atoms with E-state index in [2.05, 4.69) is 0 Å².